The molecule has 1 unspecified atom stereocenters. The topological polar surface area (TPSA) is 76.8 Å². The van der Waals surface area contributed by atoms with Gasteiger partial charge in [0.1, 0.15) is 0 Å². The molecule has 0 bridgehead atoms. The number of benzene rings is 1. The van der Waals surface area contributed by atoms with Gasteiger partial charge in [-0.25, -0.2) is 0 Å². The highest BCUT2D eigenvalue weighted by molar-refractivity contribution is 5.76. The number of methoxy groups -OCH3 is 1. The minimum absolute atomic E-state index is 0.0322. The maximum absolute atomic E-state index is 12.6. The van der Waals surface area contributed by atoms with E-state index in [1.807, 2.05) is 6.07 Å². The summed E-state index contributed by atoms with van der Waals surface area (Å²) in [6, 6.07) is 5.28. The van der Waals surface area contributed by atoms with Gasteiger partial charge in [0.25, 0.3) is 0 Å². The van der Waals surface area contributed by atoms with Crippen LogP contribution in [0.25, 0.3) is 0 Å². The molecule has 1 aromatic rings. The molecule has 1 aliphatic rings. The highest BCUT2D eigenvalue weighted by Gasteiger charge is 2.23. The van der Waals surface area contributed by atoms with Crippen LogP contribution >= 0.6 is 0 Å². The maximum Gasteiger partial charge on any atom is 0.387 e. The maximum atomic E-state index is 12.6. The van der Waals surface area contributed by atoms with Crippen LogP contribution in [0, 0.1) is 0 Å². The van der Waals surface area contributed by atoms with Crippen molar-refractivity contribution >= 4 is 5.91 Å². The Balaban J connectivity index is 2.03. The minimum Gasteiger partial charge on any atom is -0.493 e. The van der Waals surface area contributed by atoms with E-state index >= 15 is 0 Å². The van der Waals surface area contributed by atoms with Crippen LogP contribution < -0.4 is 20.5 Å². The van der Waals surface area contributed by atoms with Crippen LogP contribution in [0.15, 0.2) is 18.2 Å². The number of rotatable bonds is 9. The first-order chi connectivity index (χ1) is 12.5. The SMILES string of the molecule is COc1ccc(CN2CCCCC2CNC(=O)CCN)cc1OC(F)F. The lowest BCUT2D eigenvalue weighted by atomic mass is 10.0. The second-order valence-corrected chi connectivity index (χ2v) is 6.33. The first-order valence-corrected chi connectivity index (χ1v) is 8.86. The quantitative estimate of drug-likeness (QED) is 0.695. The molecule has 1 aliphatic heterocycles. The molecular weight excluding hydrogens is 344 g/mol. The fourth-order valence-electron chi connectivity index (χ4n) is 3.19. The number of carbonyl (C=O) groups excluding carboxylic acids is 1. The largest absolute Gasteiger partial charge is 0.493 e. The number of hydrogen-bond acceptors (Lipinski definition) is 5. The van der Waals surface area contributed by atoms with Crippen LogP contribution in [0.4, 0.5) is 8.78 Å². The predicted octanol–water partition coefficient (Wildman–Crippen LogP) is 2.12. The van der Waals surface area contributed by atoms with Gasteiger partial charge in [-0.05, 0) is 37.1 Å². The lowest BCUT2D eigenvalue weighted by molar-refractivity contribution is -0.121. The number of likely N-dealkylation sites (tertiary alicyclic amines) is 1. The average Bonchev–Trinajstić information content (AvgIpc) is 2.61. The molecule has 1 fully saturated rings. The van der Waals surface area contributed by atoms with Gasteiger partial charge >= 0.3 is 6.61 Å². The van der Waals surface area contributed by atoms with E-state index in [9.17, 15) is 13.6 Å². The molecule has 0 aromatic heterocycles. The van der Waals surface area contributed by atoms with Crippen molar-refractivity contribution in [3.8, 4) is 11.5 Å². The molecule has 3 N–H and O–H groups in total. The summed E-state index contributed by atoms with van der Waals surface area (Å²) in [5.74, 6) is 0.262. The fourth-order valence-corrected chi connectivity index (χ4v) is 3.19. The highest BCUT2D eigenvalue weighted by atomic mass is 19.3. The molecule has 1 amide bonds. The Bertz CT molecular complexity index is 587. The van der Waals surface area contributed by atoms with Gasteiger partial charge in [-0.15, -0.1) is 0 Å². The summed E-state index contributed by atoms with van der Waals surface area (Å²) in [7, 11) is 1.41. The summed E-state index contributed by atoms with van der Waals surface area (Å²) in [5, 5.41) is 2.92. The van der Waals surface area contributed by atoms with Crippen molar-refractivity contribution in [1.82, 2.24) is 10.2 Å². The first kappa shape index (κ1) is 20.4. The Labute approximate surface area is 152 Å². The van der Waals surface area contributed by atoms with Crippen molar-refractivity contribution in [1.29, 1.82) is 0 Å². The zero-order valence-electron chi connectivity index (χ0n) is 15.0. The normalized spacial score (nSPS) is 18.0. The molecule has 0 aliphatic carbocycles. The van der Waals surface area contributed by atoms with Crippen molar-refractivity contribution in [3.05, 3.63) is 23.8 Å². The van der Waals surface area contributed by atoms with E-state index in [1.165, 1.54) is 7.11 Å². The van der Waals surface area contributed by atoms with Crippen LogP contribution in [-0.4, -0.2) is 50.2 Å². The summed E-state index contributed by atoms with van der Waals surface area (Å²) in [6.45, 7) is -0.510. The lowest BCUT2D eigenvalue weighted by Gasteiger charge is -2.36. The van der Waals surface area contributed by atoms with Crippen LogP contribution in [0.3, 0.4) is 0 Å². The second kappa shape index (κ2) is 10.3. The Morgan fingerprint density at radius 2 is 2.19 bits per heavy atom. The van der Waals surface area contributed by atoms with Gasteiger partial charge in [-0.3, -0.25) is 9.69 Å². The third-order valence-corrected chi connectivity index (χ3v) is 4.49. The minimum atomic E-state index is -2.90. The van der Waals surface area contributed by atoms with Crippen molar-refractivity contribution in [2.45, 2.75) is 44.9 Å². The molecule has 1 atom stereocenters. The number of piperidine rings is 1. The molecule has 1 aromatic carbocycles. The molecule has 0 radical (unpaired) electrons. The van der Waals surface area contributed by atoms with Crippen LogP contribution in [0.5, 0.6) is 11.5 Å². The van der Waals surface area contributed by atoms with Gasteiger partial charge in [0.05, 0.1) is 7.11 Å². The number of nitrogens with zero attached hydrogens (tertiary/aromatic N) is 1. The average molecular weight is 371 g/mol. The van der Waals surface area contributed by atoms with Crippen molar-refractivity contribution < 1.29 is 23.0 Å². The molecule has 0 saturated carbocycles. The molecule has 6 nitrogen and oxygen atoms in total. The molecule has 146 valence electrons. The number of carbonyl (C=O) groups is 1. The third-order valence-electron chi connectivity index (χ3n) is 4.49. The molecule has 1 saturated heterocycles. The van der Waals surface area contributed by atoms with Gasteiger partial charge in [-0.1, -0.05) is 12.5 Å². The van der Waals surface area contributed by atoms with E-state index in [0.717, 1.165) is 31.4 Å². The first-order valence-electron chi connectivity index (χ1n) is 8.86. The van der Waals surface area contributed by atoms with Gasteiger partial charge in [0.15, 0.2) is 11.5 Å². The number of amides is 1. The van der Waals surface area contributed by atoms with Crippen molar-refractivity contribution in [2.24, 2.45) is 5.73 Å². The van der Waals surface area contributed by atoms with Crippen LogP contribution in [0.2, 0.25) is 0 Å². The molecular formula is C18H27F2N3O3. The highest BCUT2D eigenvalue weighted by Crippen LogP contribution is 2.30. The second-order valence-electron chi connectivity index (χ2n) is 6.33. The van der Waals surface area contributed by atoms with E-state index in [0.29, 0.717) is 26.1 Å². The summed E-state index contributed by atoms with van der Waals surface area (Å²) in [6.07, 6.45) is 3.49. The number of hydrogen-bond donors (Lipinski definition) is 2. The van der Waals surface area contributed by atoms with E-state index in [4.69, 9.17) is 10.5 Å². The van der Waals surface area contributed by atoms with E-state index in [1.54, 1.807) is 12.1 Å². The third kappa shape index (κ3) is 6.10. The Kier molecular flexibility index (Phi) is 8.06. The lowest BCUT2D eigenvalue weighted by Crippen LogP contribution is -2.46. The fraction of sp³-hybridized carbons (Fsp3) is 0.611. The Morgan fingerprint density at radius 3 is 2.88 bits per heavy atom. The Morgan fingerprint density at radius 1 is 1.38 bits per heavy atom. The molecule has 2 rings (SSSR count). The number of halogens is 2. The van der Waals surface area contributed by atoms with Crippen LogP contribution in [0.1, 0.15) is 31.2 Å². The summed E-state index contributed by atoms with van der Waals surface area (Å²) in [4.78, 5) is 13.9. The Hall–Kier alpha value is -1.93. The van der Waals surface area contributed by atoms with Crippen molar-refractivity contribution in [2.75, 3.05) is 26.7 Å². The molecule has 26 heavy (non-hydrogen) atoms. The van der Waals surface area contributed by atoms with E-state index in [-0.39, 0.29) is 23.4 Å². The predicted molar refractivity (Wildman–Crippen MR) is 94.4 cm³/mol. The summed E-state index contributed by atoms with van der Waals surface area (Å²) < 4.78 is 34.8. The molecule has 0 spiro atoms. The van der Waals surface area contributed by atoms with Gasteiger partial charge in [0.2, 0.25) is 5.91 Å². The van der Waals surface area contributed by atoms with Crippen LogP contribution in [-0.2, 0) is 11.3 Å². The number of nitrogens with two attached hydrogens (primary N) is 1. The van der Waals surface area contributed by atoms with Gasteiger partial charge in [0, 0.05) is 32.1 Å². The smallest absolute Gasteiger partial charge is 0.387 e. The molecule has 1 heterocycles. The standard InChI is InChI=1S/C18H27F2N3O3/c1-25-15-6-5-13(10-16(15)26-18(19)20)12-23-9-3-2-4-14(23)11-22-17(24)7-8-21/h5-6,10,14,18H,2-4,7-9,11-12,21H2,1H3,(H,22,24). The zero-order chi connectivity index (χ0) is 18.9. The van der Waals surface area contributed by atoms with Gasteiger partial charge in [-0.2, -0.15) is 8.78 Å². The number of ether oxygens (including phenoxy) is 2. The monoisotopic (exact) mass is 371 g/mol. The summed E-state index contributed by atoms with van der Waals surface area (Å²) in [5.41, 5.74) is 6.26. The molecule has 8 heteroatoms. The van der Waals surface area contributed by atoms with Crippen molar-refractivity contribution in [3.63, 3.8) is 0 Å². The summed E-state index contributed by atoms with van der Waals surface area (Å²) >= 11 is 0. The zero-order valence-corrected chi connectivity index (χ0v) is 15.0. The van der Waals surface area contributed by atoms with E-state index < -0.39 is 6.61 Å². The van der Waals surface area contributed by atoms with E-state index in [2.05, 4.69) is 15.0 Å². The van der Waals surface area contributed by atoms with Gasteiger partial charge < -0.3 is 20.5 Å². The number of alkyl halides is 2. The number of nitrogens with one attached hydrogen (secondary N) is 1.